The van der Waals surface area contributed by atoms with Gasteiger partial charge < -0.3 is 66.0 Å². The zero-order chi connectivity index (χ0) is 80.8. The molecule has 0 bridgehead atoms. The molecular formula is C75H69Br6Cl5FN5O17. The molecule has 0 saturated carbocycles. The number of carboxylic acids is 4. The van der Waals surface area contributed by atoms with Gasteiger partial charge in [-0.15, -0.1) is 0 Å². The van der Waals surface area contributed by atoms with Crippen LogP contribution in [-0.4, -0.2) is 80.4 Å². The van der Waals surface area contributed by atoms with Crippen molar-refractivity contribution in [2.75, 3.05) is 27.8 Å². The van der Waals surface area contributed by atoms with Crippen LogP contribution in [0.2, 0.25) is 25.1 Å². The highest BCUT2D eigenvalue weighted by Crippen LogP contribution is 2.41. The van der Waals surface area contributed by atoms with Crippen molar-refractivity contribution in [3.8, 4) is 23.0 Å². The number of carbonyl (C=O) groups is 9. The second kappa shape index (κ2) is 46.3. The van der Waals surface area contributed by atoms with E-state index in [1.54, 1.807) is 113 Å². The summed E-state index contributed by atoms with van der Waals surface area (Å²) in [6.07, 6.45) is 1.97. The largest absolute Gasteiger partial charge is 0.486 e. The summed E-state index contributed by atoms with van der Waals surface area (Å²) in [7, 11) is 0. The normalized spacial score (nSPS) is 10.5. The Morgan fingerprint density at radius 2 is 0.688 bits per heavy atom. The molecule has 0 heterocycles. The molecule has 0 aliphatic rings. The minimum atomic E-state index is -1.13. The van der Waals surface area contributed by atoms with Gasteiger partial charge in [-0.2, -0.15) is 0 Å². The van der Waals surface area contributed by atoms with Crippen LogP contribution < -0.4 is 45.5 Å². The molecule has 8 aromatic carbocycles. The van der Waals surface area contributed by atoms with E-state index >= 15 is 0 Å². The van der Waals surface area contributed by atoms with E-state index in [2.05, 4.69) is 122 Å². The first-order chi connectivity index (χ1) is 51.7. The van der Waals surface area contributed by atoms with Gasteiger partial charge in [-0.1, -0.05) is 134 Å². The Kier molecular flexibility index (Phi) is 39.1. The van der Waals surface area contributed by atoms with E-state index in [-0.39, 0.29) is 108 Å². The number of amides is 5. The average Bonchev–Trinajstić information content (AvgIpc) is 0.835. The zero-order valence-corrected chi connectivity index (χ0v) is 71.4. The number of hydrogen-bond donors (Lipinski definition) is 9. The molecule has 0 spiro atoms. The topological polar surface area (TPSA) is 332 Å². The highest BCUT2D eigenvalue weighted by molar-refractivity contribution is 9.12. The number of ether oxygens (including phenoxy) is 4. The van der Waals surface area contributed by atoms with Crippen molar-refractivity contribution in [2.45, 2.75) is 112 Å². The number of anilines is 4. The number of aliphatic carboxylic acids is 4. The summed E-state index contributed by atoms with van der Waals surface area (Å²) in [5.74, 6) is -3.81. The minimum absolute atomic E-state index is 0.0151. The third kappa shape index (κ3) is 30.2. The third-order valence-corrected chi connectivity index (χ3v) is 20.1. The van der Waals surface area contributed by atoms with Crippen LogP contribution in [0.1, 0.15) is 116 Å². The Morgan fingerprint density at radius 1 is 0.385 bits per heavy atom. The van der Waals surface area contributed by atoms with Crippen LogP contribution in [0, 0.1) is 5.82 Å². The van der Waals surface area contributed by atoms with Gasteiger partial charge in [0, 0.05) is 66.3 Å². The van der Waals surface area contributed by atoms with Crippen molar-refractivity contribution in [3.63, 3.8) is 0 Å². The molecular weight excluding hydrogens is 1920 g/mol. The number of benzene rings is 8. The van der Waals surface area contributed by atoms with E-state index < -0.39 is 42.1 Å². The van der Waals surface area contributed by atoms with E-state index in [4.69, 9.17) is 97.4 Å². The lowest BCUT2D eigenvalue weighted by Crippen LogP contribution is -2.29. The molecule has 0 aromatic heterocycles. The predicted octanol–water partition coefficient (Wildman–Crippen LogP) is 20.9. The average molecular weight is 1990 g/mol. The van der Waals surface area contributed by atoms with E-state index in [0.29, 0.717) is 131 Å². The van der Waals surface area contributed by atoms with Crippen LogP contribution in [-0.2, 0) is 84.0 Å². The first kappa shape index (κ1) is 92.1. The standard InChI is InChI=1S/C19H17Br2ClN2O5.C19H18Br2ClNO4.C19H18Cl3NO4.C18H16Br2FNO4/c1-2-15(25)24-14-5-3-4-10(17(14)22)9-29-18-12(20)6-11(7-13(18)21)19(28)23-8-16(26)27;2*1-2-16(24)23-15-5-3-4-12(18(15)22)10-27-19-13(20)8-11(9-14(19)21)6-7-17(25)26;1-2-15(23)22-14-5-3-4-11(17(14)21)9-26-18-12(19)6-10(7-13(18)20)8-16(24)25/h3-7H,2,8-9H2,1H3,(H,23,28)(H,24,25)(H,26,27);2*3-5,8-9H,2,6-7,10H2,1H3,(H,23,24)(H,25,26);3-7H,2,8-9H2,1H3,(H,22,23)(H,24,25). The van der Waals surface area contributed by atoms with Gasteiger partial charge in [-0.25, -0.2) is 4.39 Å². The lowest BCUT2D eigenvalue weighted by molar-refractivity contribution is -0.138. The fourth-order valence-electron chi connectivity index (χ4n) is 9.11. The SMILES string of the molecule is CCC(=O)Nc1cccc(COc2c(Br)cc(C(=O)NCC(=O)O)cc2Br)c1Cl.CCC(=O)Nc1cccc(COc2c(Br)cc(CC(=O)O)cc2Br)c1F.CCC(=O)Nc1cccc(COc2c(Br)cc(CCC(=O)O)cc2Br)c1Cl.CCC(=O)Nc1cccc(COc2c(Cl)cc(CCC(=O)O)cc2Cl)c1Cl. The first-order valence-corrected chi connectivity index (χ1v) is 39.2. The Labute approximate surface area is 701 Å². The maximum atomic E-state index is 14.5. The number of nitrogens with one attached hydrogen (secondary N) is 5. The van der Waals surface area contributed by atoms with Crippen LogP contribution in [0.4, 0.5) is 27.1 Å². The molecule has 0 aliphatic heterocycles. The molecule has 22 nitrogen and oxygen atoms in total. The summed E-state index contributed by atoms with van der Waals surface area (Å²) in [4.78, 5) is 101. The summed E-state index contributed by atoms with van der Waals surface area (Å²) in [5, 5.41) is 49.9. The van der Waals surface area contributed by atoms with E-state index in [1.165, 1.54) is 18.2 Å². The van der Waals surface area contributed by atoms with Gasteiger partial charge in [0.05, 0.1) is 81.1 Å². The molecule has 34 heteroatoms. The molecule has 0 aliphatic carbocycles. The van der Waals surface area contributed by atoms with Crippen LogP contribution in [0.15, 0.2) is 148 Å². The molecule has 0 fully saturated rings. The van der Waals surface area contributed by atoms with Gasteiger partial charge >= 0.3 is 23.9 Å². The number of rotatable bonds is 31. The molecule has 8 aromatic rings. The summed E-state index contributed by atoms with van der Waals surface area (Å²) in [6.45, 7) is 6.85. The molecule has 8 rings (SSSR count). The summed E-state index contributed by atoms with van der Waals surface area (Å²) in [6, 6.07) is 33.8. The van der Waals surface area contributed by atoms with E-state index in [0.717, 1.165) is 11.1 Å². The third-order valence-electron chi connectivity index (χ3n) is 14.6. The van der Waals surface area contributed by atoms with Gasteiger partial charge in [0.15, 0.2) is 11.6 Å². The van der Waals surface area contributed by atoms with Crippen molar-refractivity contribution >= 4 is 230 Å². The highest BCUT2D eigenvalue weighted by Gasteiger charge is 2.21. The fraction of sp³-hybridized carbons (Fsp3) is 0.240. The summed E-state index contributed by atoms with van der Waals surface area (Å²) < 4.78 is 41.2. The van der Waals surface area contributed by atoms with Crippen LogP contribution in [0.5, 0.6) is 23.0 Å². The molecule has 0 atom stereocenters. The number of halogens is 12. The molecule has 580 valence electrons. The Morgan fingerprint density at radius 3 is 1.03 bits per heavy atom. The van der Waals surface area contributed by atoms with Crippen molar-refractivity contribution in [2.24, 2.45) is 0 Å². The van der Waals surface area contributed by atoms with Gasteiger partial charge in [-0.05, 0) is 198 Å². The first-order valence-electron chi connectivity index (χ1n) is 32.6. The number of carboxylic acid groups (broad SMARTS) is 4. The summed E-state index contributed by atoms with van der Waals surface area (Å²) in [5.41, 5.74) is 6.46. The second-order valence-electron chi connectivity index (χ2n) is 22.7. The number of hydrogen-bond acceptors (Lipinski definition) is 13. The Hall–Kier alpha value is -7.55. The summed E-state index contributed by atoms with van der Waals surface area (Å²) >= 11 is 51.8. The zero-order valence-electron chi connectivity index (χ0n) is 58.1. The maximum absolute atomic E-state index is 14.5. The van der Waals surface area contributed by atoms with E-state index in [1.807, 2.05) is 18.2 Å². The van der Waals surface area contributed by atoms with Gasteiger partial charge in [0.1, 0.15) is 50.2 Å². The quantitative estimate of drug-likeness (QED) is 0.0195. The molecule has 5 amide bonds. The van der Waals surface area contributed by atoms with Crippen molar-refractivity contribution in [3.05, 3.63) is 224 Å². The smallest absolute Gasteiger partial charge is 0.322 e. The predicted molar refractivity (Wildman–Crippen MR) is 439 cm³/mol. The molecule has 9 N–H and O–H groups in total. The van der Waals surface area contributed by atoms with E-state index in [9.17, 15) is 47.5 Å². The molecule has 109 heavy (non-hydrogen) atoms. The fourth-order valence-corrected chi connectivity index (χ4v) is 14.9. The number of carbonyl (C=O) groups excluding carboxylic acids is 5. The molecule has 0 unspecified atom stereocenters. The van der Waals surface area contributed by atoms with Gasteiger partial charge in [0.25, 0.3) is 5.91 Å². The van der Waals surface area contributed by atoms with Crippen molar-refractivity contribution in [1.29, 1.82) is 0 Å². The monoisotopic (exact) mass is 1980 g/mol. The van der Waals surface area contributed by atoms with Crippen molar-refractivity contribution < 1.29 is 86.9 Å². The van der Waals surface area contributed by atoms with Crippen LogP contribution in [0.25, 0.3) is 0 Å². The van der Waals surface area contributed by atoms with Crippen LogP contribution in [0.3, 0.4) is 0 Å². The lowest BCUT2D eigenvalue weighted by atomic mass is 10.1. The Balaban J connectivity index is 0.000000261. The number of aryl methyl sites for hydroxylation is 2. The van der Waals surface area contributed by atoms with Crippen LogP contribution >= 0.6 is 154 Å². The second-order valence-corrected chi connectivity index (χ2v) is 29.8. The minimum Gasteiger partial charge on any atom is -0.486 e. The maximum Gasteiger partial charge on any atom is 0.322 e. The molecule has 0 radical (unpaired) electrons. The van der Waals surface area contributed by atoms with Gasteiger partial charge in [0.2, 0.25) is 23.6 Å². The van der Waals surface area contributed by atoms with Crippen molar-refractivity contribution in [1.82, 2.24) is 5.32 Å². The van der Waals surface area contributed by atoms with Gasteiger partial charge in [-0.3, -0.25) is 43.2 Å². The Bertz CT molecular complexity index is 4430. The highest BCUT2D eigenvalue weighted by atomic mass is 79.9. The lowest BCUT2D eigenvalue weighted by Gasteiger charge is -2.14. The molecule has 0 saturated heterocycles.